The van der Waals surface area contributed by atoms with Crippen molar-refractivity contribution in [2.45, 2.75) is 20.3 Å². The first-order chi connectivity index (χ1) is 16.2. The number of hydrogen-bond acceptors (Lipinski definition) is 3. The molecule has 0 fully saturated rings. The van der Waals surface area contributed by atoms with Crippen LogP contribution in [0.15, 0.2) is 55.3 Å². The lowest BCUT2D eigenvalue weighted by Crippen LogP contribution is -2.09. The van der Waals surface area contributed by atoms with E-state index >= 15 is 0 Å². The lowest BCUT2D eigenvalue weighted by molar-refractivity contribution is -0.111. The van der Waals surface area contributed by atoms with E-state index in [4.69, 9.17) is 4.74 Å². The van der Waals surface area contributed by atoms with Gasteiger partial charge in [0.1, 0.15) is 17.5 Å². The van der Waals surface area contributed by atoms with E-state index < -0.39 is 29.2 Å². The maximum absolute atomic E-state index is 14.7. The van der Waals surface area contributed by atoms with E-state index in [1.54, 1.807) is 19.1 Å². The Balaban J connectivity index is 2.22. The van der Waals surface area contributed by atoms with E-state index in [0.717, 1.165) is 24.3 Å². The van der Waals surface area contributed by atoms with Gasteiger partial charge in [-0.3, -0.25) is 9.78 Å². The number of pyridine rings is 1. The number of anilines is 1. The number of aromatic nitrogens is 1. The minimum absolute atomic E-state index is 0.0252. The number of rotatable bonds is 7. The van der Waals surface area contributed by atoms with Crippen molar-refractivity contribution in [1.82, 2.24) is 4.98 Å². The third-order valence-electron chi connectivity index (χ3n) is 5.10. The number of allylic oxidation sites excluding steroid dienone is 1. The van der Waals surface area contributed by atoms with Gasteiger partial charge in [0, 0.05) is 46.3 Å². The van der Waals surface area contributed by atoms with Gasteiger partial charge in [-0.1, -0.05) is 19.6 Å². The number of carbonyl (C=O) groups is 1. The Labute approximate surface area is 194 Å². The average Bonchev–Trinajstić information content (AvgIpc) is 2.79. The molecule has 0 aliphatic heterocycles. The Morgan fingerprint density at radius 3 is 2.44 bits per heavy atom. The van der Waals surface area contributed by atoms with Crippen molar-refractivity contribution >= 4 is 17.2 Å². The van der Waals surface area contributed by atoms with Gasteiger partial charge in [0.15, 0.2) is 11.6 Å². The van der Waals surface area contributed by atoms with Gasteiger partial charge in [-0.15, -0.1) is 0 Å². The Morgan fingerprint density at radius 2 is 1.79 bits per heavy atom. The minimum atomic E-state index is -0.955. The molecule has 3 rings (SSSR count). The quantitative estimate of drug-likeness (QED) is 0.313. The molecule has 3 aromatic rings. The van der Waals surface area contributed by atoms with Crippen LogP contribution < -0.4 is 10.1 Å². The first kappa shape index (κ1) is 24.7. The number of halogens is 4. The summed E-state index contributed by atoms with van der Waals surface area (Å²) >= 11 is 0. The Kier molecular flexibility index (Phi) is 7.50. The third-order valence-corrected chi connectivity index (χ3v) is 5.10. The van der Waals surface area contributed by atoms with Crippen molar-refractivity contribution in [2.24, 2.45) is 0 Å². The lowest BCUT2D eigenvalue weighted by Gasteiger charge is -2.17. The van der Waals surface area contributed by atoms with Gasteiger partial charge >= 0.3 is 0 Å². The van der Waals surface area contributed by atoms with Crippen LogP contribution >= 0.6 is 0 Å². The van der Waals surface area contributed by atoms with E-state index in [2.05, 4.69) is 16.9 Å². The van der Waals surface area contributed by atoms with Crippen molar-refractivity contribution in [2.75, 3.05) is 12.4 Å². The van der Waals surface area contributed by atoms with Crippen LogP contribution in [-0.2, 0) is 4.79 Å². The van der Waals surface area contributed by atoms with Crippen molar-refractivity contribution in [3.8, 4) is 16.9 Å². The fourth-order valence-corrected chi connectivity index (χ4v) is 3.54. The summed E-state index contributed by atoms with van der Waals surface area (Å²) in [5.41, 5.74) is 1.60. The topological polar surface area (TPSA) is 51.2 Å². The minimum Gasteiger partial charge on any atom is -0.493 e. The molecule has 0 aliphatic rings. The summed E-state index contributed by atoms with van der Waals surface area (Å²) in [6.07, 6.45) is 4.62. The monoisotopic (exact) mass is 470 g/mol. The van der Waals surface area contributed by atoms with Gasteiger partial charge < -0.3 is 10.1 Å². The number of methoxy groups -OCH3 is 1. The zero-order valence-corrected chi connectivity index (χ0v) is 18.8. The highest BCUT2D eigenvalue weighted by atomic mass is 19.1. The molecule has 2 aromatic carbocycles. The molecule has 176 valence electrons. The van der Waals surface area contributed by atoms with Crippen molar-refractivity contribution in [3.05, 3.63) is 95.3 Å². The number of ether oxygens (including phenoxy) is 1. The highest BCUT2D eigenvalue weighted by Gasteiger charge is 2.20. The van der Waals surface area contributed by atoms with Gasteiger partial charge in [0.05, 0.1) is 12.8 Å². The molecule has 0 atom stereocenters. The molecule has 1 aromatic heterocycles. The zero-order chi connectivity index (χ0) is 25.0. The van der Waals surface area contributed by atoms with E-state index in [0.29, 0.717) is 29.3 Å². The molecule has 0 aliphatic carbocycles. The van der Waals surface area contributed by atoms with Crippen LogP contribution in [0.5, 0.6) is 5.75 Å². The Bertz CT molecular complexity index is 1300. The van der Waals surface area contributed by atoms with Gasteiger partial charge in [-0.2, -0.15) is 0 Å². The normalized spacial score (nSPS) is 11.3. The molecule has 4 nitrogen and oxygen atoms in total. The van der Waals surface area contributed by atoms with E-state index in [9.17, 15) is 22.4 Å². The zero-order valence-electron chi connectivity index (χ0n) is 18.8. The predicted octanol–water partition coefficient (Wildman–Crippen LogP) is 6.59. The average molecular weight is 470 g/mol. The van der Waals surface area contributed by atoms with Crippen LogP contribution in [0, 0.1) is 30.2 Å². The number of carbonyl (C=O) groups excluding carboxylic acids is 1. The maximum atomic E-state index is 14.7. The fraction of sp³-hybridized carbons (Fsp3) is 0.154. The summed E-state index contributed by atoms with van der Waals surface area (Å²) in [4.78, 5) is 15.9. The molecular formula is C26H22F4N2O2. The number of nitrogens with one attached hydrogen (secondary N) is 1. The summed E-state index contributed by atoms with van der Waals surface area (Å²) < 4.78 is 62.6. The first-order valence-electron chi connectivity index (χ1n) is 10.3. The van der Waals surface area contributed by atoms with E-state index in [-0.39, 0.29) is 28.1 Å². The number of aryl methyl sites for hydroxylation is 1. The summed E-state index contributed by atoms with van der Waals surface area (Å²) in [6, 6.07) is 5.26. The molecule has 0 saturated carbocycles. The summed E-state index contributed by atoms with van der Waals surface area (Å²) in [6.45, 7) is 6.86. The van der Waals surface area contributed by atoms with Crippen LogP contribution in [0.4, 0.5) is 23.2 Å². The van der Waals surface area contributed by atoms with Crippen LogP contribution in [0.25, 0.3) is 16.7 Å². The smallest absolute Gasteiger partial charge is 0.247 e. The Hall–Kier alpha value is -3.94. The number of amides is 1. The number of hydrogen-bond donors (Lipinski definition) is 1. The molecule has 1 amide bonds. The fourth-order valence-electron chi connectivity index (χ4n) is 3.54. The maximum Gasteiger partial charge on any atom is 0.247 e. The lowest BCUT2D eigenvalue weighted by atomic mass is 9.92. The second-order valence-electron chi connectivity index (χ2n) is 7.36. The number of benzene rings is 2. The molecule has 34 heavy (non-hydrogen) atoms. The van der Waals surface area contributed by atoms with E-state index in [1.165, 1.54) is 13.3 Å². The van der Waals surface area contributed by atoms with Crippen LogP contribution in [-0.4, -0.2) is 18.0 Å². The first-order valence-corrected chi connectivity index (χ1v) is 10.3. The Morgan fingerprint density at radius 1 is 1.06 bits per heavy atom. The molecule has 0 saturated heterocycles. The summed E-state index contributed by atoms with van der Waals surface area (Å²) in [7, 11) is 1.28. The van der Waals surface area contributed by atoms with Crippen molar-refractivity contribution < 1.29 is 27.1 Å². The van der Waals surface area contributed by atoms with Crippen LogP contribution in [0.2, 0.25) is 0 Å². The van der Waals surface area contributed by atoms with Gasteiger partial charge in [0.25, 0.3) is 0 Å². The van der Waals surface area contributed by atoms with Gasteiger partial charge in [-0.25, -0.2) is 17.6 Å². The van der Waals surface area contributed by atoms with Gasteiger partial charge in [0.2, 0.25) is 5.91 Å². The van der Waals surface area contributed by atoms with Gasteiger partial charge in [-0.05, 0) is 43.2 Å². The molecule has 0 bridgehead atoms. The van der Waals surface area contributed by atoms with Crippen molar-refractivity contribution in [1.29, 1.82) is 0 Å². The SMILES string of the molecule is C=CC(=O)Nc1cc(-c2cnc(C)c(/C(=C\CC)c3cc(F)cc(F)c3OC)c2)c(F)cc1F. The molecular weight excluding hydrogens is 448 g/mol. The largest absolute Gasteiger partial charge is 0.493 e. The molecule has 0 unspecified atom stereocenters. The molecule has 0 spiro atoms. The number of nitrogens with zero attached hydrogens (tertiary/aromatic N) is 1. The predicted molar refractivity (Wildman–Crippen MR) is 123 cm³/mol. The molecule has 1 heterocycles. The second kappa shape index (κ2) is 10.3. The van der Waals surface area contributed by atoms with Crippen molar-refractivity contribution in [3.63, 3.8) is 0 Å². The molecule has 0 radical (unpaired) electrons. The highest BCUT2D eigenvalue weighted by molar-refractivity contribution is 5.99. The standard InChI is InChI=1S/C26H22F4N2O2/c1-5-7-17(20-9-16(27)10-23(30)26(20)34-4)18-8-15(13-31-14(18)3)19-11-24(32-25(33)6-2)22(29)12-21(19)28/h6-13H,2,5H2,1,3-4H3,(H,32,33)/b17-7+. The van der Waals surface area contributed by atoms with Crippen LogP contribution in [0.3, 0.4) is 0 Å². The highest BCUT2D eigenvalue weighted by Crippen LogP contribution is 2.37. The third kappa shape index (κ3) is 5.01. The summed E-state index contributed by atoms with van der Waals surface area (Å²) in [5, 5.41) is 2.29. The van der Waals surface area contributed by atoms with Crippen LogP contribution in [0.1, 0.15) is 30.2 Å². The molecule has 8 heteroatoms. The van der Waals surface area contributed by atoms with E-state index in [1.807, 2.05) is 6.92 Å². The second-order valence-corrected chi connectivity index (χ2v) is 7.36. The summed E-state index contributed by atoms with van der Waals surface area (Å²) in [5.74, 6) is -4.29. The molecule has 1 N–H and O–H groups in total.